The molecule has 0 aromatic heterocycles. The van der Waals surface area contributed by atoms with Crippen molar-refractivity contribution in [2.75, 3.05) is 311 Å². The van der Waals surface area contributed by atoms with Crippen molar-refractivity contribution in [1.82, 2.24) is 0 Å². The number of carbonyl (C=O) groups is 1. The van der Waals surface area contributed by atoms with Crippen molar-refractivity contribution in [3.05, 3.63) is 0 Å². The molecule has 0 aromatic rings. The number of rotatable bonds is 71. The number of ether oxygens (including phenoxy) is 24. The van der Waals surface area contributed by atoms with Gasteiger partial charge in [-0.3, -0.25) is 4.79 Å². The summed E-state index contributed by atoms with van der Waals surface area (Å²) >= 11 is 0. The average molecular weight is 1140 g/mol. The zero-order valence-electron chi connectivity index (χ0n) is 48.4. The molecule has 0 saturated carbocycles. The predicted octanol–water partition coefficient (Wildman–Crippen LogP) is 1.98. The van der Waals surface area contributed by atoms with Gasteiger partial charge in [0.15, 0.2) is 0 Å². The second kappa shape index (κ2) is 68.1. The Morgan fingerprint density at radius 1 is 0.218 bits per heavy atom. The van der Waals surface area contributed by atoms with Gasteiger partial charge in [0.25, 0.3) is 0 Å². The molecule has 0 N–H and O–H groups in total. The van der Waals surface area contributed by atoms with E-state index in [0.717, 1.165) is 6.42 Å². The lowest BCUT2D eigenvalue weighted by Crippen LogP contribution is -2.27. The van der Waals surface area contributed by atoms with E-state index in [0.29, 0.717) is 297 Å². The Morgan fingerprint density at radius 3 is 0.449 bits per heavy atom. The smallest absolute Gasteiger partial charge is 0.311 e. The summed E-state index contributed by atoms with van der Waals surface area (Å²) in [6.45, 7) is 28.0. The van der Waals surface area contributed by atoms with Crippen LogP contribution in [0.5, 0.6) is 0 Å². The average Bonchev–Trinajstić information content (AvgIpc) is 3.44. The van der Waals surface area contributed by atoms with Gasteiger partial charge in [-0.2, -0.15) is 0 Å². The van der Waals surface area contributed by atoms with Gasteiger partial charge >= 0.3 is 5.97 Å². The molecule has 0 aliphatic heterocycles. The highest BCUT2D eigenvalue weighted by Crippen LogP contribution is 2.21. The number of hydrogen-bond acceptors (Lipinski definition) is 25. The van der Waals surface area contributed by atoms with E-state index < -0.39 is 5.41 Å². The first-order valence-corrected chi connectivity index (χ1v) is 27.9. The van der Waals surface area contributed by atoms with Gasteiger partial charge in [0, 0.05) is 7.11 Å². The lowest BCUT2D eigenvalue weighted by molar-refractivity contribution is -0.155. The molecule has 0 rings (SSSR count). The highest BCUT2D eigenvalue weighted by Gasteiger charge is 2.26. The van der Waals surface area contributed by atoms with E-state index in [1.807, 2.05) is 20.8 Å². The normalized spacial score (nSPS) is 11.9. The van der Waals surface area contributed by atoms with Crippen molar-refractivity contribution in [2.24, 2.45) is 5.41 Å². The third kappa shape index (κ3) is 65.4. The fraction of sp³-hybridized carbons (Fsp3) is 0.981. The van der Waals surface area contributed by atoms with Crippen LogP contribution in [0.15, 0.2) is 0 Å². The Balaban J connectivity index is 3.10. The van der Waals surface area contributed by atoms with Crippen molar-refractivity contribution in [1.29, 1.82) is 0 Å². The molecule has 25 heteroatoms. The third-order valence-corrected chi connectivity index (χ3v) is 10.1. The predicted molar refractivity (Wildman–Crippen MR) is 285 cm³/mol. The van der Waals surface area contributed by atoms with Crippen LogP contribution in [-0.2, 0) is 118 Å². The SMILES string of the molecule is CCC(C)(C)C(=O)OCCOCCOCCOCCOCCOCCOCCOCCOCCOCCOCCOCCOCCOCCOCCOCCOCCOCCOCCOCCOCCOCCOCCOC. The zero-order chi connectivity index (χ0) is 56.3. The van der Waals surface area contributed by atoms with Gasteiger partial charge in [0.05, 0.1) is 303 Å². The maximum absolute atomic E-state index is 11.9. The standard InChI is InChI=1S/C53H106O25/c1-5-53(2,3)52(54)78-51-50-77-49-48-76-47-46-75-45-44-74-43-42-73-41-40-72-39-38-71-37-36-70-35-34-69-33-32-68-31-30-67-29-28-66-27-26-65-25-24-64-23-22-63-21-20-62-19-18-61-17-16-60-15-14-59-13-12-58-11-10-57-9-8-56-7-6-55-4/h5-51H2,1-4H3. The maximum Gasteiger partial charge on any atom is 0.311 e. The molecule has 0 aromatic carbocycles. The van der Waals surface area contributed by atoms with E-state index >= 15 is 0 Å². The van der Waals surface area contributed by atoms with Gasteiger partial charge in [-0.15, -0.1) is 0 Å². The van der Waals surface area contributed by atoms with Crippen LogP contribution in [-0.4, -0.2) is 317 Å². The monoisotopic (exact) mass is 1140 g/mol. The Labute approximate surface area is 467 Å². The largest absolute Gasteiger partial charge is 0.463 e. The molecule has 78 heavy (non-hydrogen) atoms. The van der Waals surface area contributed by atoms with E-state index in [1.165, 1.54) is 0 Å². The summed E-state index contributed by atoms with van der Waals surface area (Å²) in [6.07, 6.45) is 0.730. The molecule has 25 nitrogen and oxygen atoms in total. The van der Waals surface area contributed by atoms with E-state index in [4.69, 9.17) is 114 Å². The minimum Gasteiger partial charge on any atom is -0.463 e. The van der Waals surface area contributed by atoms with Gasteiger partial charge < -0.3 is 114 Å². The minimum atomic E-state index is -0.466. The summed E-state index contributed by atoms with van der Waals surface area (Å²) in [4.78, 5) is 11.9. The summed E-state index contributed by atoms with van der Waals surface area (Å²) in [7, 11) is 1.64. The zero-order valence-corrected chi connectivity index (χ0v) is 48.4. The second-order valence-electron chi connectivity index (χ2n) is 16.8. The summed E-state index contributed by atoms with van der Waals surface area (Å²) in [5, 5.41) is 0. The topological polar surface area (TPSA) is 239 Å². The number of methoxy groups -OCH3 is 1. The summed E-state index contributed by atoms with van der Waals surface area (Å²) in [6, 6.07) is 0. The lowest BCUT2D eigenvalue weighted by Gasteiger charge is -2.20. The van der Waals surface area contributed by atoms with Crippen molar-refractivity contribution in [2.45, 2.75) is 27.2 Å². The van der Waals surface area contributed by atoms with Crippen molar-refractivity contribution in [3.63, 3.8) is 0 Å². The Bertz CT molecular complexity index is 1120. The molecular formula is C53H106O25. The Kier molecular flexibility index (Phi) is 66.8. The highest BCUT2D eigenvalue weighted by atomic mass is 16.6. The number of carbonyl (C=O) groups excluding carboxylic acids is 1. The molecule has 0 radical (unpaired) electrons. The second-order valence-corrected chi connectivity index (χ2v) is 16.8. The summed E-state index contributed by atoms with van der Waals surface area (Å²) in [5.41, 5.74) is -0.466. The fourth-order valence-corrected chi connectivity index (χ4v) is 5.40. The molecule has 0 aliphatic rings. The highest BCUT2D eigenvalue weighted by molar-refractivity contribution is 5.75. The van der Waals surface area contributed by atoms with E-state index in [2.05, 4.69) is 0 Å². The van der Waals surface area contributed by atoms with Crippen LogP contribution in [0.25, 0.3) is 0 Å². The van der Waals surface area contributed by atoms with Crippen LogP contribution in [0, 0.1) is 5.41 Å². The molecule has 0 amide bonds. The molecule has 0 bridgehead atoms. The number of hydrogen-bond donors (Lipinski definition) is 0. The van der Waals surface area contributed by atoms with Gasteiger partial charge in [0.2, 0.25) is 0 Å². The van der Waals surface area contributed by atoms with Crippen LogP contribution < -0.4 is 0 Å². The first kappa shape index (κ1) is 76.5. The van der Waals surface area contributed by atoms with Gasteiger partial charge in [-0.25, -0.2) is 0 Å². The van der Waals surface area contributed by atoms with Crippen LogP contribution in [0.2, 0.25) is 0 Å². The van der Waals surface area contributed by atoms with Gasteiger partial charge in [-0.1, -0.05) is 6.92 Å². The molecule has 0 unspecified atom stereocenters. The van der Waals surface area contributed by atoms with Crippen LogP contribution in [0.1, 0.15) is 27.2 Å². The first-order valence-electron chi connectivity index (χ1n) is 27.9. The van der Waals surface area contributed by atoms with Crippen LogP contribution in [0.3, 0.4) is 0 Å². The fourth-order valence-electron chi connectivity index (χ4n) is 5.40. The molecular weight excluding hydrogens is 1040 g/mol. The van der Waals surface area contributed by atoms with Crippen molar-refractivity contribution < 1.29 is 118 Å². The quantitative estimate of drug-likeness (QED) is 0.0625. The van der Waals surface area contributed by atoms with Crippen molar-refractivity contribution >= 4 is 5.97 Å². The first-order chi connectivity index (χ1) is 38.5. The summed E-state index contributed by atoms with van der Waals surface area (Å²) < 4.78 is 131. The molecule has 0 saturated heterocycles. The van der Waals surface area contributed by atoms with Gasteiger partial charge in [-0.05, 0) is 20.3 Å². The Hall–Kier alpha value is -1.45. The molecule has 0 heterocycles. The maximum atomic E-state index is 11.9. The van der Waals surface area contributed by atoms with Crippen LogP contribution >= 0.6 is 0 Å². The molecule has 0 aliphatic carbocycles. The van der Waals surface area contributed by atoms with E-state index in [9.17, 15) is 4.79 Å². The Morgan fingerprint density at radius 2 is 0.333 bits per heavy atom. The van der Waals surface area contributed by atoms with Gasteiger partial charge in [0.1, 0.15) is 6.61 Å². The van der Waals surface area contributed by atoms with E-state index in [-0.39, 0.29) is 12.6 Å². The van der Waals surface area contributed by atoms with Crippen LogP contribution in [0.4, 0.5) is 0 Å². The lowest BCUT2D eigenvalue weighted by atomic mass is 9.91. The van der Waals surface area contributed by atoms with E-state index in [1.54, 1.807) is 7.11 Å². The summed E-state index contributed by atoms with van der Waals surface area (Å²) in [5.74, 6) is -0.205. The minimum absolute atomic E-state index is 0.205. The number of esters is 1. The third-order valence-electron chi connectivity index (χ3n) is 10.1. The van der Waals surface area contributed by atoms with Crippen molar-refractivity contribution in [3.8, 4) is 0 Å². The molecule has 0 fully saturated rings. The molecule has 468 valence electrons. The molecule has 0 spiro atoms. The molecule has 0 atom stereocenters.